The van der Waals surface area contributed by atoms with Crippen molar-refractivity contribution in [3.63, 3.8) is 0 Å². The Kier molecular flexibility index (Phi) is 5.43. The van der Waals surface area contributed by atoms with Gasteiger partial charge < -0.3 is 4.57 Å². The van der Waals surface area contributed by atoms with Crippen LogP contribution < -0.4 is 10.2 Å². The van der Waals surface area contributed by atoms with Gasteiger partial charge in [-0.1, -0.05) is 29.3 Å². The average Bonchev–Trinajstić information content (AvgIpc) is 2.99. The molecule has 0 atom stereocenters. The number of barbiturate groups is 1. The van der Waals surface area contributed by atoms with Gasteiger partial charge >= 0.3 is 6.03 Å². The number of imide groups is 2. The van der Waals surface area contributed by atoms with E-state index in [4.69, 9.17) is 23.2 Å². The Hall–Kier alpha value is -3.35. The second-order valence-corrected chi connectivity index (χ2v) is 7.95. The Morgan fingerprint density at radius 2 is 1.58 bits per heavy atom. The lowest BCUT2D eigenvalue weighted by atomic mass is 10.1. The van der Waals surface area contributed by atoms with E-state index in [0.29, 0.717) is 15.6 Å². The smallest absolute Gasteiger partial charge is 0.318 e. The fourth-order valence-electron chi connectivity index (χ4n) is 3.58. The monoisotopic (exact) mass is 453 g/mol. The molecule has 0 unspecified atom stereocenters. The number of hydrogen-bond acceptors (Lipinski definition) is 3. The van der Waals surface area contributed by atoms with Gasteiger partial charge in [0.2, 0.25) is 0 Å². The molecule has 0 aliphatic carbocycles. The van der Waals surface area contributed by atoms with Gasteiger partial charge in [0.1, 0.15) is 5.57 Å². The highest BCUT2D eigenvalue weighted by Gasteiger charge is 2.37. The van der Waals surface area contributed by atoms with Crippen molar-refractivity contribution in [1.29, 1.82) is 0 Å². The van der Waals surface area contributed by atoms with Crippen molar-refractivity contribution >= 4 is 52.8 Å². The van der Waals surface area contributed by atoms with Gasteiger partial charge in [-0.15, -0.1) is 0 Å². The number of aromatic nitrogens is 1. The summed E-state index contributed by atoms with van der Waals surface area (Å²) >= 11 is 12.0. The first kappa shape index (κ1) is 20.9. The number of urea groups is 1. The summed E-state index contributed by atoms with van der Waals surface area (Å²) in [5.41, 5.74) is 3.47. The van der Waals surface area contributed by atoms with Crippen LogP contribution in [0, 0.1) is 13.8 Å². The summed E-state index contributed by atoms with van der Waals surface area (Å²) in [6.45, 7) is 3.81. The van der Waals surface area contributed by atoms with Gasteiger partial charge in [0, 0.05) is 27.1 Å². The molecule has 1 aromatic heterocycles. The van der Waals surface area contributed by atoms with Crippen molar-refractivity contribution in [2.45, 2.75) is 13.8 Å². The minimum absolute atomic E-state index is 0.143. The molecule has 1 aliphatic heterocycles. The predicted octanol–water partition coefficient (Wildman–Crippen LogP) is 5.07. The molecule has 0 saturated carbocycles. The fraction of sp³-hybridized carbons (Fsp3) is 0.0870. The molecule has 31 heavy (non-hydrogen) atoms. The summed E-state index contributed by atoms with van der Waals surface area (Å²) in [6, 6.07) is 14.7. The summed E-state index contributed by atoms with van der Waals surface area (Å²) < 4.78 is 1.99. The third kappa shape index (κ3) is 3.87. The fourth-order valence-corrected chi connectivity index (χ4v) is 3.89. The van der Waals surface area contributed by atoms with E-state index in [1.54, 1.807) is 30.3 Å². The summed E-state index contributed by atoms with van der Waals surface area (Å²) in [6.07, 6.45) is 1.50. The number of halogens is 2. The van der Waals surface area contributed by atoms with Crippen LogP contribution >= 0.6 is 23.2 Å². The number of nitrogens with one attached hydrogen (secondary N) is 1. The first-order valence-corrected chi connectivity index (χ1v) is 10.1. The Labute approximate surface area is 188 Å². The molecule has 156 valence electrons. The van der Waals surface area contributed by atoms with E-state index < -0.39 is 17.8 Å². The highest BCUT2D eigenvalue weighted by molar-refractivity contribution is 6.39. The number of anilines is 1. The highest BCUT2D eigenvalue weighted by atomic mass is 35.5. The van der Waals surface area contributed by atoms with Crippen LogP contribution in [0.5, 0.6) is 0 Å². The van der Waals surface area contributed by atoms with Gasteiger partial charge in [-0.25, -0.2) is 9.69 Å². The molecule has 1 N–H and O–H groups in total. The van der Waals surface area contributed by atoms with E-state index in [0.717, 1.165) is 22.0 Å². The minimum atomic E-state index is -0.818. The molecule has 4 rings (SSSR count). The Morgan fingerprint density at radius 3 is 2.26 bits per heavy atom. The van der Waals surface area contributed by atoms with E-state index in [2.05, 4.69) is 5.32 Å². The number of amides is 4. The molecule has 2 aromatic carbocycles. The third-order valence-corrected chi connectivity index (χ3v) is 5.51. The van der Waals surface area contributed by atoms with Crippen LogP contribution in [0.15, 0.2) is 60.2 Å². The van der Waals surface area contributed by atoms with E-state index in [-0.39, 0.29) is 11.3 Å². The molecule has 0 radical (unpaired) electrons. The Morgan fingerprint density at radius 1 is 0.871 bits per heavy atom. The van der Waals surface area contributed by atoms with Crippen LogP contribution in [-0.4, -0.2) is 22.4 Å². The molecule has 0 bridgehead atoms. The molecule has 4 amide bonds. The van der Waals surface area contributed by atoms with E-state index in [1.807, 2.05) is 36.6 Å². The molecule has 0 spiro atoms. The van der Waals surface area contributed by atoms with Crippen LogP contribution in [-0.2, 0) is 9.59 Å². The number of nitrogens with zero attached hydrogens (tertiary/aromatic N) is 2. The second kappa shape index (κ2) is 8.06. The zero-order valence-electron chi connectivity index (χ0n) is 16.6. The van der Waals surface area contributed by atoms with Gasteiger partial charge in [-0.3, -0.25) is 14.9 Å². The third-order valence-electron chi connectivity index (χ3n) is 5.02. The molecular formula is C23H17Cl2N3O3. The quantitative estimate of drug-likeness (QED) is 0.444. The number of hydrogen-bond donors (Lipinski definition) is 1. The molecule has 1 aliphatic rings. The maximum atomic E-state index is 13.1. The van der Waals surface area contributed by atoms with Crippen molar-refractivity contribution < 1.29 is 14.4 Å². The Balaban J connectivity index is 1.76. The van der Waals surface area contributed by atoms with E-state index in [9.17, 15) is 14.4 Å². The first-order valence-electron chi connectivity index (χ1n) is 9.38. The normalized spacial score (nSPS) is 15.5. The average molecular weight is 454 g/mol. The minimum Gasteiger partial charge on any atom is -0.318 e. The number of benzene rings is 2. The van der Waals surface area contributed by atoms with E-state index in [1.165, 1.54) is 12.1 Å². The predicted molar refractivity (Wildman–Crippen MR) is 121 cm³/mol. The first-order chi connectivity index (χ1) is 14.8. The van der Waals surface area contributed by atoms with Gasteiger partial charge in [-0.2, -0.15) is 0 Å². The molecule has 3 aromatic rings. The SMILES string of the molecule is Cc1cc(/C=C2\C(=O)NC(=O)N(c3cccc(Cl)c3)C2=O)c(C)n1-c1ccc(Cl)cc1. The van der Waals surface area contributed by atoms with Gasteiger partial charge in [0.15, 0.2) is 0 Å². The molecule has 2 heterocycles. The molecule has 1 fully saturated rings. The molecular weight excluding hydrogens is 437 g/mol. The van der Waals surface area contributed by atoms with Gasteiger partial charge in [0.25, 0.3) is 11.8 Å². The zero-order valence-corrected chi connectivity index (χ0v) is 18.2. The van der Waals surface area contributed by atoms with E-state index >= 15 is 0 Å². The number of rotatable bonds is 3. The highest BCUT2D eigenvalue weighted by Crippen LogP contribution is 2.27. The van der Waals surface area contributed by atoms with Gasteiger partial charge in [0.05, 0.1) is 5.69 Å². The lowest BCUT2D eigenvalue weighted by molar-refractivity contribution is -0.122. The summed E-state index contributed by atoms with van der Waals surface area (Å²) in [7, 11) is 0. The Bertz CT molecular complexity index is 1260. The molecule has 1 saturated heterocycles. The lowest BCUT2D eigenvalue weighted by Gasteiger charge is -2.26. The van der Waals surface area contributed by atoms with Crippen molar-refractivity contribution in [2.75, 3.05) is 4.90 Å². The van der Waals surface area contributed by atoms with Crippen LogP contribution in [0.3, 0.4) is 0 Å². The topological polar surface area (TPSA) is 71.4 Å². The van der Waals surface area contributed by atoms with Crippen LogP contribution in [0.1, 0.15) is 17.0 Å². The number of aryl methyl sites for hydroxylation is 1. The number of carbonyl (C=O) groups is 3. The van der Waals surface area contributed by atoms with Crippen molar-refractivity contribution in [1.82, 2.24) is 9.88 Å². The van der Waals surface area contributed by atoms with Crippen LogP contribution in [0.4, 0.5) is 10.5 Å². The summed E-state index contributed by atoms with van der Waals surface area (Å²) in [5, 5.41) is 3.22. The lowest BCUT2D eigenvalue weighted by Crippen LogP contribution is -2.54. The maximum Gasteiger partial charge on any atom is 0.335 e. The van der Waals surface area contributed by atoms with Crippen molar-refractivity contribution in [3.8, 4) is 5.69 Å². The van der Waals surface area contributed by atoms with Crippen LogP contribution in [0.2, 0.25) is 10.0 Å². The zero-order chi connectivity index (χ0) is 22.3. The van der Waals surface area contributed by atoms with Crippen LogP contribution in [0.25, 0.3) is 11.8 Å². The summed E-state index contributed by atoms with van der Waals surface area (Å²) in [5.74, 6) is -1.46. The molecule has 6 nitrogen and oxygen atoms in total. The van der Waals surface area contributed by atoms with Crippen molar-refractivity contribution in [3.05, 3.63) is 87.2 Å². The summed E-state index contributed by atoms with van der Waals surface area (Å²) in [4.78, 5) is 38.8. The number of carbonyl (C=O) groups excluding carboxylic acids is 3. The maximum absolute atomic E-state index is 13.1. The second-order valence-electron chi connectivity index (χ2n) is 7.08. The standard InChI is InChI=1S/C23H17Cl2N3O3/c1-13-10-15(14(2)27(13)18-8-6-16(24)7-9-18)11-20-21(29)26-23(31)28(22(20)30)19-5-3-4-17(25)12-19/h3-12H,1-2H3,(H,26,29,31)/b20-11+. The molecule has 8 heteroatoms. The largest absolute Gasteiger partial charge is 0.335 e. The van der Waals surface area contributed by atoms with Crippen molar-refractivity contribution in [2.24, 2.45) is 0 Å². The van der Waals surface area contributed by atoms with Gasteiger partial charge in [-0.05, 0) is 74.0 Å².